The molecule has 0 radical (unpaired) electrons. The van der Waals surface area contributed by atoms with Crippen LogP contribution in [-0.2, 0) is 0 Å². The Labute approximate surface area is 66.9 Å². The highest BCUT2D eigenvalue weighted by atomic mass is 19.3. The summed E-state index contributed by atoms with van der Waals surface area (Å²) in [4.78, 5) is 0. The lowest BCUT2D eigenvalue weighted by Crippen LogP contribution is -2.78. The van der Waals surface area contributed by atoms with E-state index in [0.717, 1.165) is 0 Å². The monoisotopic (exact) mass is 183 g/mol. The van der Waals surface area contributed by atoms with Crippen LogP contribution in [0.5, 0.6) is 0 Å². The fraction of sp³-hybridized carbons (Fsp3) is 1.00. The third-order valence-electron chi connectivity index (χ3n) is 3.05. The first-order valence-corrected chi connectivity index (χ1v) is 3.76. The summed E-state index contributed by atoms with van der Waals surface area (Å²) in [5.41, 5.74) is 3.49. The van der Waals surface area contributed by atoms with Crippen LogP contribution in [0.3, 0.4) is 0 Å². The minimum absolute atomic E-state index is 0.0529. The molecule has 70 valence electrons. The summed E-state index contributed by atoms with van der Waals surface area (Å²) in [5, 5.41) is 0. The topological polar surface area (TPSA) is 26.0 Å². The largest absolute Gasteiger partial charge is 0.325 e. The lowest BCUT2D eigenvalue weighted by molar-refractivity contribution is -0.313. The molecule has 0 heterocycles. The normalized spacial score (nSPS) is 45.5. The Kier molecular flexibility index (Phi) is 1.23. The summed E-state index contributed by atoms with van der Waals surface area (Å²) >= 11 is 0. The number of hydrogen-bond donors (Lipinski definition) is 1. The molecule has 0 unspecified atom stereocenters. The van der Waals surface area contributed by atoms with E-state index < -0.39 is 23.3 Å². The van der Waals surface area contributed by atoms with E-state index >= 15 is 0 Å². The van der Waals surface area contributed by atoms with Crippen LogP contribution in [0.2, 0.25) is 0 Å². The molecule has 3 fully saturated rings. The second-order valence-corrected chi connectivity index (χ2v) is 4.10. The number of nitrogens with two attached hydrogens (primary N) is 1. The molecular weight excluding hydrogens is 174 g/mol. The summed E-state index contributed by atoms with van der Waals surface area (Å²) in [6.45, 7) is 0. The Morgan fingerprint density at radius 2 is 1.58 bits per heavy atom. The van der Waals surface area contributed by atoms with Crippen LogP contribution < -0.4 is 5.73 Å². The first-order valence-electron chi connectivity index (χ1n) is 3.76. The van der Waals surface area contributed by atoms with Gasteiger partial charge < -0.3 is 5.73 Å². The summed E-state index contributed by atoms with van der Waals surface area (Å²) in [6, 6.07) is 0. The molecule has 3 rings (SSSR count). The molecular formula is C7H9F4N. The van der Waals surface area contributed by atoms with Crippen molar-refractivity contribution >= 4 is 0 Å². The van der Waals surface area contributed by atoms with Crippen molar-refractivity contribution in [3.05, 3.63) is 0 Å². The molecule has 12 heavy (non-hydrogen) atoms. The number of hydrogen-bond acceptors (Lipinski definition) is 1. The van der Waals surface area contributed by atoms with E-state index in [1.54, 1.807) is 0 Å². The van der Waals surface area contributed by atoms with Crippen LogP contribution in [0, 0.1) is 5.41 Å². The van der Waals surface area contributed by atoms with Crippen molar-refractivity contribution in [1.82, 2.24) is 0 Å². The first-order chi connectivity index (χ1) is 5.31. The van der Waals surface area contributed by atoms with Gasteiger partial charge in [-0.05, 0) is 19.3 Å². The van der Waals surface area contributed by atoms with Gasteiger partial charge in [-0.1, -0.05) is 0 Å². The third-order valence-corrected chi connectivity index (χ3v) is 3.05. The van der Waals surface area contributed by atoms with Crippen LogP contribution in [0.25, 0.3) is 0 Å². The number of halogens is 4. The van der Waals surface area contributed by atoms with E-state index in [1.165, 1.54) is 0 Å². The van der Waals surface area contributed by atoms with Gasteiger partial charge in [0.05, 0.1) is 0 Å². The van der Waals surface area contributed by atoms with Crippen molar-refractivity contribution in [1.29, 1.82) is 0 Å². The molecule has 1 nitrogen and oxygen atoms in total. The molecule has 0 atom stereocenters. The van der Waals surface area contributed by atoms with E-state index in [9.17, 15) is 17.6 Å². The standard InChI is InChI=1S/C7H9F4N/c8-4(9)7(10,11)5-1-6(12,2-5)3-5/h4H,1-3,12H2. The van der Waals surface area contributed by atoms with Crippen LogP contribution in [0.1, 0.15) is 19.3 Å². The molecule has 3 aliphatic carbocycles. The Balaban J connectivity index is 2.12. The molecule has 0 aromatic heterocycles. The fourth-order valence-corrected chi connectivity index (χ4v) is 2.45. The summed E-state index contributed by atoms with van der Waals surface area (Å²) in [6.07, 6.45) is -3.39. The van der Waals surface area contributed by atoms with Gasteiger partial charge in [-0.15, -0.1) is 0 Å². The lowest BCUT2D eigenvalue weighted by Gasteiger charge is -2.70. The van der Waals surface area contributed by atoms with Gasteiger partial charge in [-0.3, -0.25) is 0 Å². The SMILES string of the molecule is NC12CC(C(F)(F)C(F)F)(C1)C2. The molecule has 0 saturated heterocycles. The van der Waals surface area contributed by atoms with E-state index in [2.05, 4.69) is 0 Å². The average molecular weight is 183 g/mol. The van der Waals surface area contributed by atoms with E-state index in [0.29, 0.717) is 0 Å². The highest BCUT2D eigenvalue weighted by Gasteiger charge is 2.78. The van der Waals surface area contributed by atoms with Gasteiger partial charge in [0.2, 0.25) is 0 Å². The molecule has 3 saturated carbocycles. The average Bonchev–Trinajstić information content (AvgIpc) is 1.78. The third kappa shape index (κ3) is 0.683. The summed E-state index contributed by atoms with van der Waals surface area (Å²) < 4.78 is 49.3. The fourth-order valence-electron chi connectivity index (χ4n) is 2.45. The van der Waals surface area contributed by atoms with Gasteiger partial charge in [0.15, 0.2) is 0 Å². The van der Waals surface area contributed by atoms with Crippen LogP contribution >= 0.6 is 0 Å². The summed E-state index contributed by atoms with van der Waals surface area (Å²) in [7, 11) is 0. The minimum Gasteiger partial charge on any atom is -0.325 e. The van der Waals surface area contributed by atoms with Gasteiger partial charge in [0.1, 0.15) is 0 Å². The Morgan fingerprint density at radius 1 is 1.17 bits per heavy atom. The van der Waals surface area contributed by atoms with Gasteiger partial charge in [0, 0.05) is 11.0 Å². The first kappa shape index (κ1) is 8.29. The van der Waals surface area contributed by atoms with Crippen molar-refractivity contribution in [2.75, 3.05) is 0 Å². The van der Waals surface area contributed by atoms with Gasteiger partial charge >= 0.3 is 12.3 Å². The van der Waals surface area contributed by atoms with E-state index in [4.69, 9.17) is 5.73 Å². The van der Waals surface area contributed by atoms with Crippen LogP contribution in [0.4, 0.5) is 17.6 Å². The Morgan fingerprint density at radius 3 is 1.83 bits per heavy atom. The summed E-state index contributed by atoms with van der Waals surface area (Å²) in [5.74, 6) is -3.84. The van der Waals surface area contributed by atoms with Crippen molar-refractivity contribution in [2.45, 2.75) is 37.1 Å². The quantitative estimate of drug-likeness (QED) is 0.648. The van der Waals surface area contributed by atoms with Crippen molar-refractivity contribution < 1.29 is 17.6 Å². The lowest BCUT2D eigenvalue weighted by atomic mass is 9.37. The van der Waals surface area contributed by atoms with E-state index in [-0.39, 0.29) is 19.3 Å². The van der Waals surface area contributed by atoms with Gasteiger partial charge in [0.25, 0.3) is 0 Å². The van der Waals surface area contributed by atoms with Crippen molar-refractivity contribution in [3.63, 3.8) is 0 Å². The highest BCUT2D eigenvalue weighted by molar-refractivity contribution is 5.26. The molecule has 0 spiro atoms. The second-order valence-electron chi connectivity index (χ2n) is 4.10. The van der Waals surface area contributed by atoms with Crippen LogP contribution in [0.15, 0.2) is 0 Å². The smallest absolute Gasteiger partial charge is 0.313 e. The minimum atomic E-state index is -3.84. The van der Waals surface area contributed by atoms with E-state index in [1.807, 2.05) is 0 Å². The predicted octanol–water partition coefficient (Wildman–Crippen LogP) is 1.77. The molecule has 2 bridgehead atoms. The Hall–Kier alpha value is -0.320. The zero-order valence-electron chi connectivity index (χ0n) is 6.29. The number of alkyl halides is 4. The predicted molar refractivity (Wildman–Crippen MR) is 34.2 cm³/mol. The Bertz CT molecular complexity index is 206. The molecule has 0 aliphatic heterocycles. The second kappa shape index (κ2) is 1.78. The zero-order valence-corrected chi connectivity index (χ0v) is 6.29. The highest BCUT2D eigenvalue weighted by Crippen LogP contribution is 2.72. The maximum absolute atomic E-state index is 12.8. The van der Waals surface area contributed by atoms with Crippen molar-refractivity contribution in [3.8, 4) is 0 Å². The molecule has 2 N–H and O–H groups in total. The molecule has 0 aromatic carbocycles. The van der Waals surface area contributed by atoms with Crippen molar-refractivity contribution in [2.24, 2.45) is 11.1 Å². The molecule has 5 heteroatoms. The molecule has 0 aromatic rings. The zero-order chi connectivity index (χ0) is 9.20. The van der Waals surface area contributed by atoms with Crippen LogP contribution in [-0.4, -0.2) is 17.9 Å². The molecule has 0 amide bonds. The maximum Gasteiger partial charge on any atom is 0.313 e. The molecule has 3 aliphatic rings. The van der Waals surface area contributed by atoms with Gasteiger partial charge in [-0.2, -0.15) is 8.78 Å². The maximum atomic E-state index is 12.8. The van der Waals surface area contributed by atoms with Gasteiger partial charge in [-0.25, -0.2) is 8.78 Å². The number of rotatable bonds is 2.